The number of urea groups is 1. The van der Waals surface area contributed by atoms with Gasteiger partial charge in [0.2, 0.25) is 0 Å². The van der Waals surface area contributed by atoms with E-state index in [0.29, 0.717) is 18.5 Å². The van der Waals surface area contributed by atoms with Crippen molar-refractivity contribution in [2.24, 2.45) is 5.92 Å². The van der Waals surface area contributed by atoms with Crippen LogP contribution in [0.4, 0.5) is 4.79 Å². The lowest BCUT2D eigenvalue weighted by Gasteiger charge is -2.27. The van der Waals surface area contributed by atoms with Gasteiger partial charge in [0.15, 0.2) is 0 Å². The Bertz CT molecular complexity index is 308. The maximum absolute atomic E-state index is 11.8. The molecule has 1 saturated heterocycles. The van der Waals surface area contributed by atoms with Gasteiger partial charge in [0.25, 0.3) is 0 Å². The molecule has 0 aromatic heterocycles. The largest absolute Gasteiger partial charge is 0.480 e. The van der Waals surface area contributed by atoms with Gasteiger partial charge in [0.05, 0.1) is 6.61 Å². The zero-order valence-electron chi connectivity index (χ0n) is 9.72. The summed E-state index contributed by atoms with van der Waals surface area (Å²) in [5.74, 6) is -0.304. The maximum atomic E-state index is 11.8. The number of hydrogen-bond acceptors (Lipinski definition) is 3. The van der Waals surface area contributed by atoms with E-state index in [0.717, 1.165) is 19.4 Å². The fraction of sp³-hybridized carbons (Fsp3) is 0.818. The normalized spacial score (nSPS) is 26.2. The smallest absolute Gasteiger partial charge is 0.329 e. The molecular formula is C11H18N2O4. The second-order valence-electron chi connectivity index (χ2n) is 4.66. The van der Waals surface area contributed by atoms with Crippen LogP contribution in [0, 0.1) is 5.92 Å². The van der Waals surface area contributed by atoms with E-state index >= 15 is 0 Å². The number of amides is 2. The first-order valence-corrected chi connectivity index (χ1v) is 6.01. The molecule has 1 saturated carbocycles. The predicted molar refractivity (Wildman–Crippen MR) is 59.7 cm³/mol. The topological polar surface area (TPSA) is 78.9 Å². The van der Waals surface area contributed by atoms with E-state index in [2.05, 4.69) is 5.32 Å². The Labute approximate surface area is 99.9 Å². The highest BCUT2D eigenvalue weighted by Crippen LogP contribution is 2.37. The van der Waals surface area contributed by atoms with E-state index in [9.17, 15) is 9.59 Å². The van der Waals surface area contributed by atoms with Gasteiger partial charge in [-0.3, -0.25) is 0 Å². The molecule has 0 aromatic rings. The number of ether oxygens (including phenoxy) is 1. The van der Waals surface area contributed by atoms with Crippen LogP contribution < -0.4 is 5.32 Å². The van der Waals surface area contributed by atoms with Crippen LogP contribution in [0.15, 0.2) is 0 Å². The molecule has 1 heterocycles. The molecule has 2 fully saturated rings. The Morgan fingerprint density at radius 2 is 2.24 bits per heavy atom. The van der Waals surface area contributed by atoms with Crippen LogP contribution in [0.2, 0.25) is 0 Å². The van der Waals surface area contributed by atoms with Crippen molar-refractivity contribution in [1.82, 2.24) is 10.2 Å². The quantitative estimate of drug-likeness (QED) is 0.679. The first-order valence-electron chi connectivity index (χ1n) is 6.01. The van der Waals surface area contributed by atoms with Gasteiger partial charge in [-0.15, -0.1) is 0 Å². The summed E-state index contributed by atoms with van der Waals surface area (Å²) in [5, 5.41) is 11.1. The lowest BCUT2D eigenvalue weighted by atomic mass is 10.1. The Morgan fingerprint density at radius 3 is 2.82 bits per heavy atom. The van der Waals surface area contributed by atoms with Gasteiger partial charge in [-0.05, 0) is 25.2 Å². The fourth-order valence-electron chi connectivity index (χ4n) is 2.66. The molecule has 96 valence electrons. The summed E-state index contributed by atoms with van der Waals surface area (Å²) in [5.41, 5.74) is 0. The SMILES string of the molecule is O=C(O)COCCNC(=O)N1CC2CCC1C2. The lowest BCUT2D eigenvalue weighted by molar-refractivity contribution is -0.142. The minimum absolute atomic E-state index is 0.0453. The van der Waals surface area contributed by atoms with E-state index in [4.69, 9.17) is 9.84 Å². The summed E-state index contributed by atoms with van der Waals surface area (Å²) in [4.78, 5) is 23.8. The standard InChI is InChI=1S/C11H18N2O4/c14-10(15)7-17-4-3-12-11(16)13-6-8-1-2-9(13)5-8/h8-9H,1-7H2,(H,12,16)(H,14,15). The highest BCUT2D eigenvalue weighted by atomic mass is 16.5. The second kappa shape index (κ2) is 5.35. The van der Waals surface area contributed by atoms with E-state index in [1.807, 2.05) is 4.90 Å². The van der Waals surface area contributed by atoms with Crippen LogP contribution in [0.25, 0.3) is 0 Å². The summed E-state index contributed by atoms with van der Waals surface area (Å²) in [7, 11) is 0. The highest BCUT2D eigenvalue weighted by Gasteiger charge is 2.39. The van der Waals surface area contributed by atoms with Crippen molar-refractivity contribution in [2.75, 3.05) is 26.3 Å². The number of carbonyl (C=O) groups is 2. The molecule has 2 unspecified atom stereocenters. The van der Waals surface area contributed by atoms with Gasteiger partial charge in [-0.25, -0.2) is 9.59 Å². The number of hydrogen-bond donors (Lipinski definition) is 2. The van der Waals surface area contributed by atoms with Gasteiger partial charge < -0.3 is 20.1 Å². The molecule has 1 aliphatic heterocycles. The average Bonchev–Trinajstić information content (AvgIpc) is 2.89. The minimum Gasteiger partial charge on any atom is -0.480 e. The molecule has 2 bridgehead atoms. The van der Waals surface area contributed by atoms with Crippen molar-refractivity contribution >= 4 is 12.0 Å². The molecule has 6 heteroatoms. The molecular weight excluding hydrogens is 224 g/mol. The third-order valence-corrected chi connectivity index (χ3v) is 3.42. The summed E-state index contributed by atoms with van der Waals surface area (Å²) >= 11 is 0. The molecule has 2 rings (SSSR count). The van der Waals surface area contributed by atoms with E-state index in [1.165, 1.54) is 6.42 Å². The number of nitrogens with one attached hydrogen (secondary N) is 1. The van der Waals surface area contributed by atoms with Gasteiger partial charge in [0.1, 0.15) is 6.61 Å². The first-order chi connectivity index (χ1) is 8.16. The van der Waals surface area contributed by atoms with Crippen molar-refractivity contribution in [2.45, 2.75) is 25.3 Å². The van der Waals surface area contributed by atoms with E-state index in [-0.39, 0.29) is 19.2 Å². The number of aliphatic carboxylic acids is 1. The van der Waals surface area contributed by atoms with Crippen LogP contribution in [0.3, 0.4) is 0 Å². The van der Waals surface area contributed by atoms with Gasteiger partial charge in [0, 0.05) is 19.1 Å². The number of nitrogens with zero attached hydrogens (tertiary/aromatic N) is 1. The summed E-state index contributed by atoms with van der Waals surface area (Å²) in [6, 6.07) is 0.371. The second-order valence-corrected chi connectivity index (χ2v) is 4.66. The molecule has 2 N–H and O–H groups in total. The van der Waals surface area contributed by atoms with Crippen LogP contribution in [-0.2, 0) is 9.53 Å². The number of fused-ring (bicyclic) bond motifs is 2. The van der Waals surface area contributed by atoms with E-state index in [1.54, 1.807) is 0 Å². The number of carboxylic acids is 1. The van der Waals surface area contributed by atoms with Crippen LogP contribution in [-0.4, -0.2) is 54.4 Å². The van der Waals surface area contributed by atoms with Crippen LogP contribution in [0.5, 0.6) is 0 Å². The summed E-state index contributed by atoms with van der Waals surface area (Å²) in [6.45, 7) is 1.15. The maximum Gasteiger partial charge on any atom is 0.329 e. The Kier molecular flexibility index (Phi) is 3.83. The van der Waals surface area contributed by atoms with Crippen LogP contribution >= 0.6 is 0 Å². The molecule has 2 atom stereocenters. The number of carbonyl (C=O) groups excluding carboxylic acids is 1. The van der Waals surface area contributed by atoms with Gasteiger partial charge in [-0.2, -0.15) is 0 Å². The Morgan fingerprint density at radius 1 is 1.41 bits per heavy atom. The van der Waals surface area contributed by atoms with Crippen LogP contribution in [0.1, 0.15) is 19.3 Å². The monoisotopic (exact) mass is 242 g/mol. The predicted octanol–water partition coefficient (Wildman–Crippen LogP) is 0.282. The van der Waals surface area contributed by atoms with Gasteiger partial charge in [-0.1, -0.05) is 0 Å². The van der Waals surface area contributed by atoms with Crippen molar-refractivity contribution in [3.8, 4) is 0 Å². The molecule has 2 aliphatic rings. The highest BCUT2D eigenvalue weighted by molar-refractivity contribution is 5.75. The third-order valence-electron chi connectivity index (χ3n) is 3.42. The number of carboxylic acid groups (broad SMARTS) is 1. The molecule has 1 aliphatic carbocycles. The molecule has 17 heavy (non-hydrogen) atoms. The molecule has 0 spiro atoms. The lowest BCUT2D eigenvalue weighted by Crippen LogP contribution is -2.45. The zero-order valence-corrected chi connectivity index (χ0v) is 9.72. The number of rotatable bonds is 5. The van der Waals surface area contributed by atoms with Gasteiger partial charge >= 0.3 is 12.0 Å². The molecule has 0 aromatic carbocycles. The third kappa shape index (κ3) is 3.09. The zero-order chi connectivity index (χ0) is 12.3. The average molecular weight is 242 g/mol. The molecule has 6 nitrogen and oxygen atoms in total. The van der Waals surface area contributed by atoms with Crippen molar-refractivity contribution in [3.05, 3.63) is 0 Å². The summed E-state index contributed by atoms with van der Waals surface area (Å²) < 4.78 is 4.84. The Hall–Kier alpha value is -1.30. The molecule has 0 radical (unpaired) electrons. The minimum atomic E-state index is -0.992. The van der Waals surface area contributed by atoms with Crippen molar-refractivity contribution < 1.29 is 19.4 Å². The van der Waals surface area contributed by atoms with Crippen molar-refractivity contribution in [3.63, 3.8) is 0 Å². The number of piperidine rings is 1. The first kappa shape index (κ1) is 12.2. The van der Waals surface area contributed by atoms with E-state index < -0.39 is 5.97 Å². The number of likely N-dealkylation sites (tertiary alicyclic amines) is 1. The fourth-order valence-corrected chi connectivity index (χ4v) is 2.66. The Balaban J connectivity index is 1.60. The molecule has 2 amide bonds. The van der Waals surface area contributed by atoms with Crippen molar-refractivity contribution in [1.29, 1.82) is 0 Å². The summed E-state index contributed by atoms with van der Waals surface area (Å²) in [6.07, 6.45) is 3.51.